The van der Waals surface area contributed by atoms with Crippen molar-refractivity contribution in [2.24, 2.45) is 0 Å². The van der Waals surface area contributed by atoms with Crippen molar-refractivity contribution in [1.82, 2.24) is 5.32 Å². The van der Waals surface area contributed by atoms with Crippen LogP contribution in [0, 0.1) is 0 Å². The molecule has 17 heavy (non-hydrogen) atoms. The number of rotatable bonds is 8. The van der Waals surface area contributed by atoms with Crippen molar-refractivity contribution in [1.29, 1.82) is 0 Å². The second-order valence-electron chi connectivity index (χ2n) is 3.98. The van der Waals surface area contributed by atoms with Gasteiger partial charge in [0.2, 0.25) is 0 Å². The molecule has 1 rings (SSSR count). The van der Waals surface area contributed by atoms with Gasteiger partial charge in [0.05, 0.1) is 6.61 Å². The fourth-order valence-electron chi connectivity index (χ4n) is 1.54. The number of benzene rings is 1. The van der Waals surface area contributed by atoms with Gasteiger partial charge in [-0.3, -0.25) is 0 Å². The monoisotopic (exact) mass is 237 g/mol. The first-order valence-electron chi connectivity index (χ1n) is 6.25. The molecule has 1 aromatic rings. The molecule has 0 aliphatic carbocycles. The summed E-state index contributed by atoms with van der Waals surface area (Å²) < 4.78 is 10.9. The van der Waals surface area contributed by atoms with Crippen LogP contribution in [0.15, 0.2) is 24.3 Å². The molecule has 1 unspecified atom stereocenters. The molecule has 0 fully saturated rings. The van der Waals surface area contributed by atoms with Crippen LogP contribution in [0.3, 0.4) is 0 Å². The zero-order valence-electron chi connectivity index (χ0n) is 11.0. The Kier molecular flexibility index (Phi) is 6.67. The molecule has 0 heterocycles. The molecular formula is C14H23NO2. The lowest BCUT2D eigenvalue weighted by Crippen LogP contribution is -2.12. The van der Waals surface area contributed by atoms with Crippen LogP contribution in [0.4, 0.5) is 0 Å². The molecule has 0 aliphatic rings. The smallest absolute Gasteiger partial charge is 0.119 e. The van der Waals surface area contributed by atoms with Crippen LogP contribution >= 0.6 is 0 Å². The summed E-state index contributed by atoms with van der Waals surface area (Å²) in [5.74, 6) is 0.932. The van der Waals surface area contributed by atoms with Crippen molar-refractivity contribution >= 4 is 0 Å². The maximum atomic E-state index is 5.68. The van der Waals surface area contributed by atoms with E-state index in [0.717, 1.165) is 25.4 Å². The van der Waals surface area contributed by atoms with Gasteiger partial charge in [-0.25, -0.2) is 0 Å². The Morgan fingerprint density at radius 1 is 1.29 bits per heavy atom. The molecule has 3 nitrogen and oxygen atoms in total. The highest BCUT2D eigenvalue weighted by Crippen LogP contribution is 2.18. The minimum absolute atomic E-state index is 0.349. The maximum Gasteiger partial charge on any atom is 0.119 e. The van der Waals surface area contributed by atoms with E-state index in [0.29, 0.717) is 12.6 Å². The largest absolute Gasteiger partial charge is 0.493 e. The van der Waals surface area contributed by atoms with E-state index in [1.807, 2.05) is 26.1 Å². The second kappa shape index (κ2) is 8.09. The van der Waals surface area contributed by atoms with Crippen molar-refractivity contribution in [3.05, 3.63) is 29.8 Å². The van der Waals surface area contributed by atoms with Gasteiger partial charge in [-0.05, 0) is 38.6 Å². The Labute approximate surface area is 104 Å². The van der Waals surface area contributed by atoms with Crippen molar-refractivity contribution < 1.29 is 9.47 Å². The molecule has 0 bridgehead atoms. The van der Waals surface area contributed by atoms with E-state index in [1.165, 1.54) is 5.56 Å². The highest BCUT2D eigenvalue weighted by Gasteiger charge is 2.03. The Balaban J connectivity index is 2.38. The van der Waals surface area contributed by atoms with E-state index in [1.54, 1.807) is 0 Å². The van der Waals surface area contributed by atoms with E-state index in [-0.39, 0.29) is 0 Å². The molecule has 0 amide bonds. The molecule has 0 aromatic heterocycles. The van der Waals surface area contributed by atoms with E-state index in [4.69, 9.17) is 9.47 Å². The minimum Gasteiger partial charge on any atom is -0.493 e. The van der Waals surface area contributed by atoms with Gasteiger partial charge in [-0.2, -0.15) is 0 Å². The molecule has 1 aromatic carbocycles. The summed E-state index contributed by atoms with van der Waals surface area (Å²) in [6, 6.07) is 8.56. The molecular weight excluding hydrogens is 214 g/mol. The van der Waals surface area contributed by atoms with Gasteiger partial charge >= 0.3 is 0 Å². The summed E-state index contributed by atoms with van der Waals surface area (Å²) in [5, 5.41) is 3.22. The van der Waals surface area contributed by atoms with Gasteiger partial charge in [-0.1, -0.05) is 12.1 Å². The number of hydrogen-bond donors (Lipinski definition) is 1. The molecule has 96 valence electrons. The predicted octanol–water partition coefficient (Wildman–Crippen LogP) is 2.77. The van der Waals surface area contributed by atoms with Crippen molar-refractivity contribution in [2.45, 2.75) is 26.3 Å². The fraction of sp³-hybridized carbons (Fsp3) is 0.571. The van der Waals surface area contributed by atoms with Crippen molar-refractivity contribution in [3.63, 3.8) is 0 Å². The Morgan fingerprint density at radius 2 is 2.12 bits per heavy atom. The zero-order chi connectivity index (χ0) is 12.5. The molecule has 0 saturated carbocycles. The van der Waals surface area contributed by atoms with Crippen LogP contribution in [-0.4, -0.2) is 26.9 Å². The van der Waals surface area contributed by atoms with Gasteiger partial charge in [0.1, 0.15) is 5.75 Å². The third kappa shape index (κ3) is 5.20. The highest BCUT2D eigenvalue weighted by atomic mass is 16.5. The molecule has 0 aliphatic heterocycles. The lowest BCUT2D eigenvalue weighted by Gasteiger charge is -2.12. The second-order valence-corrected chi connectivity index (χ2v) is 3.98. The third-order valence-corrected chi connectivity index (χ3v) is 2.70. The molecule has 3 heteroatoms. The minimum atomic E-state index is 0.349. The molecule has 0 saturated heterocycles. The molecule has 1 atom stereocenters. The lowest BCUT2D eigenvalue weighted by atomic mass is 10.1. The Bertz CT molecular complexity index is 315. The summed E-state index contributed by atoms with van der Waals surface area (Å²) in [6.07, 6.45) is 0.930. The van der Waals surface area contributed by atoms with Crippen LogP contribution in [-0.2, 0) is 4.74 Å². The zero-order valence-corrected chi connectivity index (χ0v) is 11.0. The van der Waals surface area contributed by atoms with Gasteiger partial charge in [0.25, 0.3) is 0 Å². The average molecular weight is 237 g/mol. The first-order valence-corrected chi connectivity index (χ1v) is 6.25. The maximum absolute atomic E-state index is 5.68. The Morgan fingerprint density at radius 3 is 2.82 bits per heavy atom. The first-order chi connectivity index (χ1) is 8.27. The van der Waals surface area contributed by atoms with Crippen LogP contribution in [0.5, 0.6) is 5.75 Å². The van der Waals surface area contributed by atoms with Crippen molar-refractivity contribution in [3.8, 4) is 5.75 Å². The predicted molar refractivity (Wildman–Crippen MR) is 70.5 cm³/mol. The van der Waals surface area contributed by atoms with E-state index < -0.39 is 0 Å². The highest BCUT2D eigenvalue weighted by molar-refractivity contribution is 5.30. The van der Waals surface area contributed by atoms with Crippen LogP contribution < -0.4 is 10.1 Å². The van der Waals surface area contributed by atoms with Gasteiger partial charge in [-0.15, -0.1) is 0 Å². The summed E-state index contributed by atoms with van der Waals surface area (Å²) >= 11 is 0. The first kappa shape index (κ1) is 14.0. The van der Waals surface area contributed by atoms with E-state index in [9.17, 15) is 0 Å². The van der Waals surface area contributed by atoms with Gasteiger partial charge in [0, 0.05) is 25.7 Å². The number of hydrogen-bond acceptors (Lipinski definition) is 3. The van der Waals surface area contributed by atoms with Crippen LogP contribution in [0.25, 0.3) is 0 Å². The van der Waals surface area contributed by atoms with Gasteiger partial charge in [0.15, 0.2) is 0 Å². The summed E-state index contributed by atoms with van der Waals surface area (Å²) in [6.45, 7) is 6.38. The summed E-state index contributed by atoms with van der Waals surface area (Å²) in [4.78, 5) is 0. The van der Waals surface area contributed by atoms with Crippen LogP contribution in [0.1, 0.15) is 31.9 Å². The lowest BCUT2D eigenvalue weighted by molar-refractivity contribution is 0.131. The van der Waals surface area contributed by atoms with Gasteiger partial charge < -0.3 is 14.8 Å². The quantitative estimate of drug-likeness (QED) is 0.705. The standard InChI is InChI=1S/C14H23NO2/c1-4-16-9-6-10-17-14-8-5-7-13(11-14)12(2)15-3/h5,7-8,11-12,15H,4,6,9-10H2,1-3H3. The van der Waals surface area contributed by atoms with Crippen molar-refractivity contribution in [2.75, 3.05) is 26.9 Å². The average Bonchev–Trinajstić information content (AvgIpc) is 2.38. The third-order valence-electron chi connectivity index (χ3n) is 2.70. The molecule has 0 radical (unpaired) electrons. The normalized spacial score (nSPS) is 12.4. The summed E-state index contributed by atoms with van der Waals surface area (Å²) in [7, 11) is 1.96. The van der Waals surface area contributed by atoms with Crippen LogP contribution in [0.2, 0.25) is 0 Å². The molecule has 0 spiro atoms. The number of ether oxygens (including phenoxy) is 2. The topological polar surface area (TPSA) is 30.5 Å². The van der Waals surface area contributed by atoms with E-state index >= 15 is 0 Å². The number of nitrogens with one attached hydrogen (secondary N) is 1. The fourth-order valence-corrected chi connectivity index (χ4v) is 1.54. The summed E-state index contributed by atoms with van der Waals surface area (Å²) in [5.41, 5.74) is 1.25. The van der Waals surface area contributed by atoms with E-state index in [2.05, 4.69) is 24.4 Å². The SMILES string of the molecule is CCOCCCOc1cccc(C(C)NC)c1. The molecule has 1 N–H and O–H groups in total. The Hall–Kier alpha value is -1.06.